The molecule has 3 heterocycles. The Kier molecular flexibility index (Phi) is 5.48. The predicted octanol–water partition coefficient (Wildman–Crippen LogP) is 3.17. The molecule has 132 valence electrons. The molecule has 0 amide bonds. The second kappa shape index (κ2) is 7.61. The van der Waals surface area contributed by atoms with Gasteiger partial charge < -0.3 is 9.84 Å². The van der Waals surface area contributed by atoms with Gasteiger partial charge in [0.15, 0.2) is 5.82 Å². The van der Waals surface area contributed by atoms with Gasteiger partial charge in [0.05, 0.1) is 11.7 Å². The molecule has 25 heavy (non-hydrogen) atoms. The molecule has 1 aliphatic heterocycles. The van der Waals surface area contributed by atoms with Crippen molar-refractivity contribution in [3.05, 3.63) is 41.9 Å². The molecule has 1 unspecified atom stereocenters. The number of hydrogen-bond donors (Lipinski definition) is 1. The van der Waals surface area contributed by atoms with Crippen molar-refractivity contribution < 1.29 is 4.52 Å². The number of benzene rings is 1. The molecular formula is C17H20ClN5OS. The third-order valence-electron chi connectivity index (χ3n) is 4.26. The zero-order chi connectivity index (χ0) is 16.5. The summed E-state index contributed by atoms with van der Waals surface area (Å²) >= 11 is 1.59. The first-order valence-corrected chi connectivity index (χ1v) is 8.82. The average Bonchev–Trinajstić information content (AvgIpc) is 3.23. The third kappa shape index (κ3) is 3.59. The van der Waals surface area contributed by atoms with Crippen LogP contribution < -0.4 is 5.32 Å². The maximum atomic E-state index is 5.54. The molecule has 1 fully saturated rings. The van der Waals surface area contributed by atoms with Gasteiger partial charge in [-0.25, -0.2) is 4.98 Å². The van der Waals surface area contributed by atoms with Crippen LogP contribution in [0.2, 0.25) is 0 Å². The number of rotatable bonds is 3. The third-order valence-corrected chi connectivity index (χ3v) is 5.46. The molecule has 6 nitrogen and oxygen atoms in total. The van der Waals surface area contributed by atoms with Gasteiger partial charge in [0.2, 0.25) is 0 Å². The standard InChI is InChI=1S/C17H19N5OS.ClH/c1-11-14(24-17(19-11)12-6-4-3-5-7-12)16-20-15(21-23-16)13-10-18-8-9-22(13)2;/h3-7,13,18H,8-10H2,1-2H3;1H. The minimum atomic E-state index is 0. The van der Waals surface area contributed by atoms with Gasteiger partial charge in [-0.3, -0.25) is 4.90 Å². The summed E-state index contributed by atoms with van der Waals surface area (Å²) in [5.74, 6) is 1.29. The van der Waals surface area contributed by atoms with Crippen molar-refractivity contribution in [2.45, 2.75) is 13.0 Å². The van der Waals surface area contributed by atoms with Crippen LogP contribution in [0, 0.1) is 6.92 Å². The first-order valence-electron chi connectivity index (χ1n) is 8.00. The summed E-state index contributed by atoms with van der Waals surface area (Å²) in [6, 6.07) is 10.3. The van der Waals surface area contributed by atoms with Crippen LogP contribution in [0.3, 0.4) is 0 Å². The molecule has 0 saturated carbocycles. The van der Waals surface area contributed by atoms with Crippen LogP contribution in [0.5, 0.6) is 0 Å². The van der Waals surface area contributed by atoms with Crippen molar-refractivity contribution in [3.63, 3.8) is 0 Å². The minimum absolute atomic E-state index is 0. The Bertz CT molecular complexity index is 835. The van der Waals surface area contributed by atoms with Crippen LogP contribution in [0.4, 0.5) is 0 Å². The highest BCUT2D eigenvalue weighted by atomic mass is 35.5. The highest BCUT2D eigenvalue weighted by Crippen LogP contribution is 2.34. The fourth-order valence-corrected chi connectivity index (χ4v) is 3.85. The second-order valence-electron chi connectivity index (χ2n) is 5.96. The fraction of sp³-hybridized carbons (Fsp3) is 0.353. The minimum Gasteiger partial charge on any atom is -0.333 e. The van der Waals surface area contributed by atoms with E-state index in [0.717, 1.165) is 46.6 Å². The molecule has 0 bridgehead atoms. The van der Waals surface area contributed by atoms with E-state index in [1.54, 1.807) is 11.3 Å². The fourth-order valence-electron chi connectivity index (χ4n) is 2.86. The Morgan fingerprint density at radius 3 is 2.80 bits per heavy atom. The molecule has 1 aromatic carbocycles. The van der Waals surface area contributed by atoms with Crippen LogP contribution in [-0.4, -0.2) is 46.7 Å². The summed E-state index contributed by atoms with van der Waals surface area (Å²) in [4.78, 5) is 12.5. The van der Waals surface area contributed by atoms with Crippen molar-refractivity contribution in [3.8, 4) is 21.3 Å². The van der Waals surface area contributed by atoms with Gasteiger partial charge in [0.1, 0.15) is 9.88 Å². The van der Waals surface area contributed by atoms with Crippen molar-refractivity contribution in [2.24, 2.45) is 0 Å². The quantitative estimate of drug-likeness (QED) is 0.756. The van der Waals surface area contributed by atoms with E-state index < -0.39 is 0 Å². The summed E-state index contributed by atoms with van der Waals surface area (Å²) in [5.41, 5.74) is 2.02. The van der Waals surface area contributed by atoms with Crippen LogP contribution in [-0.2, 0) is 0 Å². The van der Waals surface area contributed by atoms with E-state index in [-0.39, 0.29) is 18.4 Å². The van der Waals surface area contributed by atoms with E-state index >= 15 is 0 Å². The van der Waals surface area contributed by atoms with Crippen LogP contribution in [0.1, 0.15) is 17.6 Å². The molecule has 1 atom stereocenters. The van der Waals surface area contributed by atoms with Crippen molar-refractivity contribution in [1.82, 2.24) is 25.3 Å². The summed E-state index contributed by atoms with van der Waals surface area (Å²) in [6.45, 7) is 4.79. The van der Waals surface area contributed by atoms with Crippen molar-refractivity contribution >= 4 is 23.7 Å². The number of aromatic nitrogens is 3. The molecule has 1 aliphatic rings. The van der Waals surface area contributed by atoms with Gasteiger partial charge in [-0.05, 0) is 14.0 Å². The lowest BCUT2D eigenvalue weighted by Gasteiger charge is -2.30. The Labute approximate surface area is 156 Å². The maximum Gasteiger partial charge on any atom is 0.269 e. The van der Waals surface area contributed by atoms with E-state index in [1.807, 2.05) is 25.1 Å². The molecule has 0 spiro atoms. The monoisotopic (exact) mass is 377 g/mol. The van der Waals surface area contributed by atoms with Crippen LogP contribution in [0.15, 0.2) is 34.9 Å². The zero-order valence-electron chi connectivity index (χ0n) is 14.1. The lowest BCUT2D eigenvalue weighted by molar-refractivity contribution is 0.190. The first kappa shape index (κ1) is 18.0. The molecule has 3 aromatic rings. The van der Waals surface area contributed by atoms with E-state index in [2.05, 4.69) is 44.5 Å². The van der Waals surface area contributed by atoms with E-state index in [0.29, 0.717) is 5.89 Å². The molecule has 1 saturated heterocycles. The summed E-state index contributed by atoms with van der Waals surface area (Å²) in [5, 5.41) is 8.55. The van der Waals surface area contributed by atoms with Gasteiger partial charge in [-0.1, -0.05) is 35.5 Å². The highest BCUT2D eigenvalue weighted by Gasteiger charge is 2.26. The lowest BCUT2D eigenvalue weighted by Crippen LogP contribution is -2.44. The van der Waals surface area contributed by atoms with Gasteiger partial charge in [0, 0.05) is 25.2 Å². The Morgan fingerprint density at radius 2 is 2.04 bits per heavy atom. The molecule has 4 rings (SSSR count). The number of thiazole rings is 1. The molecule has 2 aromatic heterocycles. The average molecular weight is 378 g/mol. The predicted molar refractivity (Wildman–Crippen MR) is 101 cm³/mol. The van der Waals surface area contributed by atoms with E-state index in [4.69, 9.17) is 4.52 Å². The van der Waals surface area contributed by atoms with Gasteiger partial charge in [-0.2, -0.15) is 4.98 Å². The molecule has 8 heteroatoms. The summed E-state index contributed by atoms with van der Waals surface area (Å²) in [6.07, 6.45) is 0. The Balaban J connectivity index is 0.00000182. The van der Waals surface area contributed by atoms with Gasteiger partial charge in [0.25, 0.3) is 5.89 Å². The smallest absolute Gasteiger partial charge is 0.269 e. The first-order chi connectivity index (χ1) is 11.7. The number of hydrogen-bond acceptors (Lipinski definition) is 7. The normalized spacial score (nSPS) is 18.1. The zero-order valence-corrected chi connectivity index (χ0v) is 15.7. The second-order valence-corrected chi connectivity index (χ2v) is 6.96. The van der Waals surface area contributed by atoms with Gasteiger partial charge >= 0.3 is 0 Å². The number of nitrogens with one attached hydrogen (secondary N) is 1. The van der Waals surface area contributed by atoms with E-state index in [9.17, 15) is 0 Å². The number of likely N-dealkylation sites (N-methyl/N-ethyl adjacent to an activating group) is 1. The molecule has 0 radical (unpaired) electrons. The topological polar surface area (TPSA) is 67.1 Å². The Hall–Kier alpha value is -1.80. The lowest BCUT2D eigenvalue weighted by atomic mass is 10.2. The number of nitrogens with zero attached hydrogens (tertiary/aromatic N) is 4. The SMILES string of the molecule is Cc1nc(-c2ccccc2)sc1-c1nc(C2CNCCN2C)no1.Cl. The number of piperazine rings is 1. The van der Waals surface area contributed by atoms with Crippen LogP contribution in [0.25, 0.3) is 21.3 Å². The molecule has 0 aliphatic carbocycles. The number of aryl methyl sites for hydroxylation is 1. The Morgan fingerprint density at radius 1 is 1.24 bits per heavy atom. The molecular weight excluding hydrogens is 358 g/mol. The highest BCUT2D eigenvalue weighted by molar-refractivity contribution is 7.18. The van der Waals surface area contributed by atoms with Crippen molar-refractivity contribution in [1.29, 1.82) is 0 Å². The molecule has 1 N–H and O–H groups in total. The largest absolute Gasteiger partial charge is 0.333 e. The van der Waals surface area contributed by atoms with Gasteiger partial charge in [-0.15, -0.1) is 23.7 Å². The van der Waals surface area contributed by atoms with E-state index in [1.165, 1.54) is 0 Å². The summed E-state index contributed by atoms with van der Waals surface area (Å²) < 4.78 is 5.54. The maximum absolute atomic E-state index is 5.54. The van der Waals surface area contributed by atoms with Crippen molar-refractivity contribution in [2.75, 3.05) is 26.7 Å². The summed E-state index contributed by atoms with van der Waals surface area (Å²) in [7, 11) is 2.09. The van der Waals surface area contributed by atoms with Crippen LogP contribution >= 0.6 is 23.7 Å². The number of halogens is 1.